The van der Waals surface area contributed by atoms with E-state index in [9.17, 15) is 4.79 Å². The number of carbonyl (C=O) groups excluding carboxylic acids is 1. The molecule has 3 rings (SSSR count). The number of hydrogen-bond donors (Lipinski definition) is 1. The molecule has 0 saturated heterocycles. The number of nitrogens with two attached hydrogens (primary N) is 1. The lowest BCUT2D eigenvalue weighted by Gasteiger charge is -2.11. The van der Waals surface area contributed by atoms with Crippen LogP contribution >= 0.6 is 0 Å². The van der Waals surface area contributed by atoms with E-state index < -0.39 is 0 Å². The van der Waals surface area contributed by atoms with Gasteiger partial charge in [0.25, 0.3) is 5.91 Å². The maximum absolute atomic E-state index is 12.5. The summed E-state index contributed by atoms with van der Waals surface area (Å²) in [6, 6.07) is 17.4. The normalized spacial score (nSPS) is 10.7. The quantitative estimate of drug-likeness (QED) is 0.637. The molecule has 0 aliphatic rings. The van der Waals surface area contributed by atoms with Gasteiger partial charge in [0, 0.05) is 12.6 Å². The minimum Gasteiger partial charge on any atom is -0.497 e. The Morgan fingerprint density at radius 1 is 1.11 bits per heavy atom. The summed E-state index contributed by atoms with van der Waals surface area (Å²) in [6.07, 6.45) is 0.820. The predicted octanol–water partition coefficient (Wildman–Crippen LogP) is 2.68. The smallest absolute Gasteiger partial charge is 0.297 e. The molecule has 1 heterocycles. The van der Waals surface area contributed by atoms with Gasteiger partial charge < -0.3 is 10.5 Å². The van der Waals surface area contributed by atoms with E-state index in [2.05, 4.69) is 5.10 Å². The van der Waals surface area contributed by atoms with E-state index in [1.807, 2.05) is 48.5 Å². The summed E-state index contributed by atoms with van der Waals surface area (Å²) < 4.78 is 6.97. The monoisotopic (exact) mass is 380 g/mol. The van der Waals surface area contributed by atoms with Crippen molar-refractivity contribution < 1.29 is 14.4 Å². The molecule has 0 saturated carbocycles. The maximum atomic E-state index is 12.5. The fraction of sp³-hybridized carbons (Fsp3) is 0.238. The molecule has 0 radical (unpaired) electrons. The first-order chi connectivity index (χ1) is 13.6. The fourth-order valence-corrected chi connectivity index (χ4v) is 2.86. The number of amides is 1. The summed E-state index contributed by atoms with van der Waals surface area (Å²) in [5.74, 6) is 0.426. The first-order valence-electron chi connectivity index (χ1n) is 8.93. The lowest BCUT2D eigenvalue weighted by Crippen LogP contribution is -2.25. The van der Waals surface area contributed by atoms with Gasteiger partial charge in [-0.1, -0.05) is 24.3 Å². The highest BCUT2D eigenvalue weighted by molar-refractivity contribution is 5.92. The second kappa shape index (κ2) is 8.69. The van der Waals surface area contributed by atoms with E-state index in [4.69, 9.17) is 15.3 Å². The topological polar surface area (TPSA) is 82.6 Å². The second-order valence-electron chi connectivity index (χ2n) is 6.25. The van der Waals surface area contributed by atoms with E-state index >= 15 is 0 Å². The average molecular weight is 380 g/mol. The SMILES string of the molecule is COc1ccc(-n2nc(C(=O)N(C)OC)cc2-c2ccc(CCN)cc2)cc1. The molecule has 28 heavy (non-hydrogen) atoms. The fourth-order valence-electron chi connectivity index (χ4n) is 2.86. The second-order valence-corrected chi connectivity index (χ2v) is 6.25. The van der Waals surface area contributed by atoms with Gasteiger partial charge >= 0.3 is 0 Å². The van der Waals surface area contributed by atoms with Crippen LogP contribution in [0, 0.1) is 0 Å². The van der Waals surface area contributed by atoms with Crippen LogP contribution < -0.4 is 10.5 Å². The van der Waals surface area contributed by atoms with Crippen molar-refractivity contribution in [3.05, 3.63) is 65.9 Å². The number of benzene rings is 2. The zero-order chi connectivity index (χ0) is 20.1. The minimum absolute atomic E-state index is 0.293. The Hall–Kier alpha value is -3.16. The zero-order valence-corrected chi connectivity index (χ0v) is 16.3. The highest BCUT2D eigenvalue weighted by Crippen LogP contribution is 2.26. The van der Waals surface area contributed by atoms with E-state index in [0.29, 0.717) is 12.2 Å². The number of methoxy groups -OCH3 is 1. The lowest BCUT2D eigenvalue weighted by molar-refractivity contribution is -0.0760. The Bertz CT molecular complexity index is 933. The molecule has 0 unspecified atom stereocenters. The van der Waals surface area contributed by atoms with Gasteiger partial charge in [0.1, 0.15) is 5.75 Å². The Morgan fingerprint density at radius 2 is 1.79 bits per heavy atom. The molecule has 0 bridgehead atoms. The van der Waals surface area contributed by atoms with Crippen molar-refractivity contribution in [2.24, 2.45) is 5.73 Å². The number of nitrogens with zero attached hydrogens (tertiary/aromatic N) is 3. The molecule has 0 aliphatic heterocycles. The van der Waals surface area contributed by atoms with Crippen LogP contribution in [0.15, 0.2) is 54.6 Å². The van der Waals surface area contributed by atoms with Crippen molar-refractivity contribution in [2.45, 2.75) is 6.42 Å². The van der Waals surface area contributed by atoms with Crippen LogP contribution in [0.5, 0.6) is 5.75 Å². The van der Waals surface area contributed by atoms with E-state index in [-0.39, 0.29) is 5.91 Å². The van der Waals surface area contributed by atoms with Crippen LogP contribution in [-0.4, -0.2) is 48.6 Å². The Labute approximate surface area is 164 Å². The summed E-state index contributed by atoms with van der Waals surface area (Å²) >= 11 is 0. The third kappa shape index (κ3) is 4.05. The van der Waals surface area contributed by atoms with Gasteiger partial charge in [-0.25, -0.2) is 9.75 Å². The summed E-state index contributed by atoms with van der Waals surface area (Å²) in [5.41, 5.74) is 9.66. The van der Waals surface area contributed by atoms with Gasteiger partial charge in [-0.15, -0.1) is 0 Å². The molecule has 0 atom stereocenters. The van der Waals surface area contributed by atoms with E-state index in [0.717, 1.165) is 39.7 Å². The Balaban J connectivity index is 2.07. The number of ether oxygens (including phenoxy) is 1. The molecule has 3 aromatic rings. The third-order valence-electron chi connectivity index (χ3n) is 4.49. The molecule has 7 heteroatoms. The summed E-state index contributed by atoms with van der Waals surface area (Å²) in [7, 11) is 4.61. The van der Waals surface area contributed by atoms with E-state index in [1.54, 1.807) is 24.9 Å². The summed E-state index contributed by atoms with van der Waals surface area (Å²) in [5, 5.41) is 5.67. The molecule has 1 amide bonds. The van der Waals surface area contributed by atoms with Crippen LogP contribution in [0.2, 0.25) is 0 Å². The zero-order valence-electron chi connectivity index (χ0n) is 16.3. The highest BCUT2D eigenvalue weighted by atomic mass is 16.7. The van der Waals surface area contributed by atoms with Crippen molar-refractivity contribution in [2.75, 3.05) is 27.8 Å². The van der Waals surface area contributed by atoms with E-state index in [1.165, 1.54) is 7.11 Å². The van der Waals surface area contributed by atoms with Gasteiger partial charge in [-0.05, 0) is 48.9 Å². The van der Waals surface area contributed by atoms with Crippen molar-refractivity contribution in [3.8, 4) is 22.7 Å². The third-order valence-corrected chi connectivity index (χ3v) is 4.49. The first-order valence-corrected chi connectivity index (χ1v) is 8.93. The lowest BCUT2D eigenvalue weighted by atomic mass is 10.1. The molecule has 2 aromatic carbocycles. The Morgan fingerprint density at radius 3 is 2.36 bits per heavy atom. The predicted molar refractivity (Wildman–Crippen MR) is 107 cm³/mol. The molecule has 2 N–H and O–H groups in total. The molecule has 1 aromatic heterocycles. The first kappa shape index (κ1) is 19.6. The molecule has 0 aliphatic carbocycles. The van der Waals surface area contributed by atoms with Crippen molar-refractivity contribution in [1.82, 2.24) is 14.8 Å². The Kier molecular flexibility index (Phi) is 6.08. The van der Waals surface area contributed by atoms with Gasteiger partial charge in [0.05, 0.1) is 25.6 Å². The van der Waals surface area contributed by atoms with Crippen LogP contribution in [0.1, 0.15) is 16.1 Å². The average Bonchev–Trinajstić information content (AvgIpc) is 3.19. The number of hydroxylamine groups is 2. The summed E-state index contributed by atoms with van der Waals surface area (Å²) in [6.45, 7) is 0.602. The summed E-state index contributed by atoms with van der Waals surface area (Å²) in [4.78, 5) is 17.5. The number of carbonyl (C=O) groups is 1. The number of aromatic nitrogens is 2. The maximum Gasteiger partial charge on any atom is 0.297 e. The molecular weight excluding hydrogens is 356 g/mol. The number of rotatable bonds is 7. The van der Waals surface area contributed by atoms with Crippen LogP contribution in [0.3, 0.4) is 0 Å². The molecule has 0 spiro atoms. The molecule has 7 nitrogen and oxygen atoms in total. The largest absolute Gasteiger partial charge is 0.497 e. The van der Waals surface area contributed by atoms with Crippen LogP contribution in [0.4, 0.5) is 0 Å². The number of hydrogen-bond acceptors (Lipinski definition) is 5. The molecular formula is C21H24N4O3. The van der Waals surface area contributed by atoms with Crippen molar-refractivity contribution >= 4 is 5.91 Å². The molecule has 0 fully saturated rings. The van der Waals surface area contributed by atoms with Crippen molar-refractivity contribution in [3.63, 3.8) is 0 Å². The van der Waals surface area contributed by atoms with Gasteiger partial charge in [0.15, 0.2) is 5.69 Å². The van der Waals surface area contributed by atoms with Crippen LogP contribution in [0.25, 0.3) is 16.9 Å². The minimum atomic E-state index is -0.323. The van der Waals surface area contributed by atoms with Crippen LogP contribution in [-0.2, 0) is 11.3 Å². The van der Waals surface area contributed by atoms with Gasteiger partial charge in [0.2, 0.25) is 0 Å². The van der Waals surface area contributed by atoms with Gasteiger partial charge in [-0.3, -0.25) is 9.63 Å². The van der Waals surface area contributed by atoms with Gasteiger partial charge in [-0.2, -0.15) is 5.10 Å². The van der Waals surface area contributed by atoms with Crippen molar-refractivity contribution in [1.29, 1.82) is 0 Å². The molecule has 146 valence electrons. The highest BCUT2D eigenvalue weighted by Gasteiger charge is 2.20. The standard InChI is InChI=1S/C21H24N4O3/c1-24(28-3)21(26)19-14-20(16-6-4-15(5-7-16)12-13-22)25(23-19)17-8-10-18(27-2)11-9-17/h4-11,14H,12-13,22H2,1-3H3.